The van der Waals surface area contributed by atoms with E-state index in [1.54, 1.807) is 7.11 Å². The summed E-state index contributed by atoms with van der Waals surface area (Å²) in [4.78, 5) is 2.26. The van der Waals surface area contributed by atoms with Gasteiger partial charge in [0.2, 0.25) is 0 Å². The van der Waals surface area contributed by atoms with Gasteiger partial charge < -0.3 is 10.1 Å². The lowest BCUT2D eigenvalue weighted by Gasteiger charge is -2.17. The topological polar surface area (TPSA) is 24.5 Å². The first-order valence-electron chi connectivity index (χ1n) is 6.05. The first-order chi connectivity index (χ1) is 8.08. The molecule has 0 aliphatic carbocycles. The molecule has 0 saturated carbocycles. The highest BCUT2D eigenvalue weighted by Gasteiger charge is 2.07. The highest BCUT2D eigenvalue weighted by molar-refractivity contribution is 5.41. The molecule has 0 fully saturated rings. The van der Waals surface area contributed by atoms with E-state index in [9.17, 15) is 0 Å². The molecule has 0 aliphatic heterocycles. The van der Waals surface area contributed by atoms with E-state index >= 15 is 0 Å². The van der Waals surface area contributed by atoms with Crippen LogP contribution in [0.3, 0.4) is 0 Å². The van der Waals surface area contributed by atoms with Crippen molar-refractivity contribution < 1.29 is 4.74 Å². The van der Waals surface area contributed by atoms with Gasteiger partial charge in [0.1, 0.15) is 5.75 Å². The minimum atomic E-state index is 0.910. The van der Waals surface area contributed by atoms with Crippen LogP contribution in [0, 0.1) is 13.8 Å². The molecule has 1 aromatic rings. The predicted octanol–water partition coefficient (Wildman–Crippen LogP) is 1.96. The van der Waals surface area contributed by atoms with Crippen LogP contribution in [0.2, 0.25) is 0 Å². The lowest BCUT2D eigenvalue weighted by atomic mass is 10.0. The number of aryl methyl sites for hydroxylation is 2. The highest BCUT2D eigenvalue weighted by atomic mass is 16.5. The average Bonchev–Trinajstić information content (AvgIpc) is 2.30. The van der Waals surface area contributed by atoms with Gasteiger partial charge in [-0.1, -0.05) is 6.07 Å². The first-order valence-corrected chi connectivity index (χ1v) is 6.05. The van der Waals surface area contributed by atoms with Crippen molar-refractivity contribution in [1.29, 1.82) is 0 Å². The van der Waals surface area contributed by atoms with Crippen molar-refractivity contribution in [2.45, 2.75) is 20.3 Å². The number of likely N-dealkylation sites (N-methyl/N-ethyl adjacent to an activating group) is 1. The normalized spacial score (nSPS) is 10.9. The fraction of sp³-hybridized carbons (Fsp3) is 0.571. The van der Waals surface area contributed by atoms with Crippen molar-refractivity contribution >= 4 is 0 Å². The van der Waals surface area contributed by atoms with Crippen LogP contribution in [0.5, 0.6) is 5.75 Å². The summed E-state index contributed by atoms with van der Waals surface area (Å²) in [5.41, 5.74) is 3.91. The summed E-state index contributed by atoms with van der Waals surface area (Å²) in [5.74, 6) is 1.01. The van der Waals surface area contributed by atoms with Crippen LogP contribution in [0.4, 0.5) is 0 Å². The van der Waals surface area contributed by atoms with Gasteiger partial charge in [-0.3, -0.25) is 4.90 Å². The van der Waals surface area contributed by atoms with Gasteiger partial charge in [0.25, 0.3) is 0 Å². The lowest BCUT2D eigenvalue weighted by molar-refractivity contribution is 0.318. The molecule has 1 N–H and O–H groups in total. The molecule has 0 aromatic heterocycles. The first kappa shape index (κ1) is 14.0. The molecule has 0 bridgehead atoms. The van der Waals surface area contributed by atoms with E-state index in [0.717, 1.165) is 25.4 Å². The Labute approximate surface area is 105 Å². The van der Waals surface area contributed by atoms with E-state index in [1.165, 1.54) is 16.7 Å². The van der Waals surface area contributed by atoms with E-state index < -0.39 is 0 Å². The smallest absolute Gasteiger partial charge is 0.122 e. The number of nitrogens with zero attached hydrogens (tertiary/aromatic N) is 1. The van der Waals surface area contributed by atoms with Gasteiger partial charge in [-0.15, -0.1) is 0 Å². The van der Waals surface area contributed by atoms with Crippen molar-refractivity contribution in [2.24, 2.45) is 0 Å². The highest BCUT2D eigenvalue weighted by Crippen LogP contribution is 2.23. The number of benzene rings is 1. The molecule has 0 saturated heterocycles. The number of nitrogens with one attached hydrogen (secondary N) is 1. The van der Waals surface area contributed by atoms with Crippen LogP contribution in [-0.4, -0.2) is 39.3 Å². The maximum Gasteiger partial charge on any atom is 0.122 e. The summed E-state index contributed by atoms with van der Waals surface area (Å²) in [7, 11) is 5.82. The van der Waals surface area contributed by atoms with Crippen LogP contribution in [0.1, 0.15) is 16.7 Å². The van der Waals surface area contributed by atoms with Gasteiger partial charge in [0, 0.05) is 13.2 Å². The zero-order chi connectivity index (χ0) is 12.8. The van der Waals surface area contributed by atoms with E-state index in [0.29, 0.717) is 0 Å². The molecular formula is C14H24N2O. The average molecular weight is 236 g/mol. The van der Waals surface area contributed by atoms with Crippen LogP contribution in [0.15, 0.2) is 12.1 Å². The molecular weight excluding hydrogens is 212 g/mol. The van der Waals surface area contributed by atoms with Gasteiger partial charge in [-0.2, -0.15) is 0 Å². The molecule has 3 nitrogen and oxygen atoms in total. The number of ether oxygens (including phenoxy) is 1. The minimum Gasteiger partial charge on any atom is -0.496 e. The molecule has 0 spiro atoms. The quantitative estimate of drug-likeness (QED) is 0.764. The van der Waals surface area contributed by atoms with Gasteiger partial charge >= 0.3 is 0 Å². The Balaban J connectivity index is 2.72. The van der Waals surface area contributed by atoms with Crippen LogP contribution < -0.4 is 10.1 Å². The van der Waals surface area contributed by atoms with Crippen LogP contribution in [0.25, 0.3) is 0 Å². The molecule has 0 heterocycles. The van der Waals surface area contributed by atoms with Crippen molar-refractivity contribution in [3.8, 4) is 5.75 Å². The van der Waals surface area contributed by atoms with Crippen molar-refractivity contribution in [2.75, 3.05) is 34.4 Å². The second-order valence-electron chi connectivity index (χ2n) is 4.59. The van der Waals surface area contributed by atoms with Gasteiger partial charge in [-0.25, -0.2) is 0 Å². The molecule has 17 heavy (non-hydrogen) atoms. The lowest BCUT2D eigenvalue weighted by Crippen LogP contribution is -2.30. The second-order valence-corrected chi connectivity index (χ2v) is 4.59. The Kier molecular flexibility index (Phi) is 5.45. The fourth-order valence-corrected chi connectivity index (χ4v) is 1.90. The van der Waals surface area contributed by atoms with Crippen molar-refractivity contribution in [3.05, 3.63) is 28.8 Å². The third kappa shape index (κ3) is 4.02. The fourth-order valence-electron chi connectivity index (χ4n) is 1.90. The minimum absolute atomic E-state index is 0.910. The Morgan fingerprint density at radius 1 is 1.24 bits per heavy atom. The van der Waals surface area contributed by atoms with Crippen LogP contribution in [-0.2, 0) is 6.42 Å². The summed E-state index contributed by atoms with van der Waals surface area (Å²) < 4.78 is 5.44. The third-order valence-electron chi connectivity index (χ3n) is 3.09. The van der Waals surface area contributed by atoms with E-state index in [2.05, 4.69) is 43.2 Å². The Bertz CT molecular complexity index is 363. The van der Waals surface area contributed by atoms with Gasteiger partial charge in [-0.05, 0) is 57.1 Å². The number of methoxy groups -OCH3 is 1. The zero-order valence-corrected chi connectivity index (χ0v) is 11.6. The SMILES string of the molecule is CNCN(C)CCc1cc(C)c(C)cc1OC. The van der Waals surface area contributed by atoms with E-state index in [-0.39, 0.29) is 0 Å². The Morgan fingerprint density at radius 2 is 1.88 bits per heavy atom. The van der Waals surface area contributed by atoms with E-state index in [1.807, 2.05) is 7.05 Å². The summed E-state index contributed by atoms with van der Waals surface area (Å²) in [6.45, 7) is 6.21. The molecule has 3 heteroatoms. The summed E-state index contributed by atoms with van der Waals surface area (Å²) in [5, 5.41) is 3.15. The Morgan fingerprint density at radius 3 is 2.47 bits per heavy atom. The van der Waals surface area contributed by atoms with Gasteiger partial charge in [0.15, 0.2) is 0 Å². The molecule has 1 rings (SSSR count). The summed E-state index contributed by atoms with van der Waals surface area (Å²) >= 11 is 0. The molecule has 0 atom stereocenters. The maximum atomic E-state index is 5.44. The monoisotopic (exact) mass is 236 g/mol. The van der Waals surface area contributed by atoms with Crippen molar-refractivity contribution in [3.63, 3.8) is 0 Å². The molecule has 1 aromatic carbocycles. The standard InChI is InChI=1S/C14H24N2O/c1-11-8-13(6-7-16(4)10-15-3)14(17-5)9-12(11)2/h8-9,15H,6-7,10H2,1-5H3. The largest absolute Gasteiger partial charge is 0.496 e. The number of rotatable bonds is 6. The third-order valence-corrected chi connectivity index (χ3v) is 3.09. The Hall–Kier alpha value is -1.06. The summed E-state index contributed by atoms with van der Waals surface area (Å²) in [6.07, 6.45) is 1.02. The molecule has 0 unspecified atom stereocenters. The maximum absolute atomic E-state index is 5.44. The second kappa shape index (κ2) is 6.62. The summed E-state index contributed by atoms with van der Waals surface area (Å²) in [6, 6.07) is 4.37. The predicted molar refractivity (Wildman–Crippen MR) is 72.7 cm³/mol. The zero-order valence-electron chi connectivity index (χ0n) is 11.6. The number of hydrogen-bond acceptors (Lipinski definition) is 3. The molecule has 0 radical (unpaired) electrons. The van der Waals surface area contributed by atoms with Gasteiger partial charge in [0.05, 0.1) is 7.11 Å². The number of hydrogen-bond donors (Lipinski definition) is 1. The molecule has 96 valence electrons. The van der Waals surface area contributed by atoms with Crippen LogP contribution >= 0.6 is 0 Å². The molecule has 0 aliphatic rings. The molecule has 0 amide bonds. The van der Waals surface area contributed by atoms with E-state index in [4.69, 9.17) is 4.74 Å². The van der Waals surface area contributed by atoms with Crippen molar-refractivity contribution in [1.82, 2.24) is 10.2 Å².